The largest absolute Gasteiger partial charge is 0.480 e. The quantitative estimate of drug-likeness (QED) is 0.0666. The van der Waals surface area contributed by atoms with Gasteiger partial charge >= 0.3 is 11.9 Å². The molecule has 8 nitrogen and oxygen atoms in total. The molecule has 0 aromatic heterocycles. The van der Waals surface area contributed by atoms with Gasteiger partial charge in [-0.25, -0.2) is 0 Å². The van der Waals surface area contributed by atoms with E-state index in [0.717, 1.165) is 42.4 Å². The van der Waals surface area contributed by atoms with Crippen LogP contribution < -0.4 is 5.32 Å². The summed E-state index contributed by atoms with van der Waals surface area (Å²) in [6, 6.07) is 0.324. The molecule has 4 rings (SSSR count). The second kappa shape index (κ2) is 21.8. The van der Waals surface area contributed by atoms with Crippen LogP contribution in [0, 0.1) is 46.3 Å². The number of carbonyl (C=O) groups is 4. The lowest BCUT2D eigenvalue weighted by Crippen LogP contribution is -2.55. The van der Waals surface area contributed by atoms with Gasteiger partial charge in [-0.05, 0) is 143 Å². The molecule has 0 aromatic rings. The lowest BCUT2D eigenvalue weighted by Gasteiger charge is -2.61. The van der Waals surface area contributed by atoms with Gasteiger partial charge in [-0.2, -0.15) is 0 Å². The maximum atomic E-state index is 13.0. The first-order valence-corrected chi connectivity index (χ1v) is 22.5. The highest BCUT2D eigenvalue weighted by Gasteiger charge is 2.60. The number of rotatable bonds is 24. The minimum atomic E-state index is -1.19. The molecule has 0 saturated heterocycles. The topological polar surface area (TPSA) is 124 Å². The van der Waals surface area contributed by atoms with Crippen molar-refractivity contribution in [3.8, 4) is 0 Å². The number of carbonyl (C=O) groups excluding carboxylic acids is 2. The van der Waals surface area contributed by atoms with Gasteiger partial charge in [0, 0.05) is 18.9 Å². The zero-order valence-corrected chi connectivity index (χ0v) is 34.8. The maximum absolute atomic E-state index is 13.0. The highest BCUT2D eigenvalue weighted by Crippen LogP contribution is 2.68. The molecular weight excluding hydrogens is 677 g/mol. The second-order valence-electron chi connectivity index (χ2n) is 18.8. The molecule has 4 aliphatic carbocycles. The third-order valence-corrected chi connectivity index (χ3v) is 15.3. The van der Waals surface area contributed by atoms with E-state index in [0.29, 0.717) is 48.0 Å². The number of fused-ring (bicyclic) bond motifs is 5. The van der Waals surface area contributed by atoms with Crippen LogP contribution in [-0.2, 0) is 19.2 Å². The Balaban J connectivity index is 1.14. The molecule has 0 bridgehead atoms. The van der Waals surface area contributed by atoms with E-state index in [1.165, 1.54) is 116 Å². The van der Waals surface area contributed by atoms with Gasteiger partial charge in [0.05, 0.1) is 0 Å². The SMILES string of the molecule is CCCCCCCCC=CCCCCCCCC(=O)N[C@H]1CC[C@@]2(C)C(CCC3C2CC[C@@]2(C)C3CC[C@@H]2C(C)CCC(=O)N(CC(=O)O)CC(=O)O)C1. The highest BCUT2D eigenvalue weighted by atomic mass is 16.4. The molecule has 8 heteroatoms. The second-order valence-corrected chi connectivity index (χ2v) is 18.8. The summed E-state index contributed by atoms with van der Waals surface area (Å²) < 4.78 is 0. The molecule has 0 aliphatic heterocycles. The van der Waals surface area contributed by atoms with Crippen LogP contribution in [0.5, 0.6) is 0 Å². The number of amides is 2. The normalized spacial score (nSPS) is 31.0. The molecule has 54 heavy (non-hydrogen) atoms. The average Bonchev–Trinajstić information content (AvgIpc) is 3.49. The number of nitrogens with zero attached hydrogens (tertiary/aromatic N) is 1. The van der Waals surface area contributed by atoms with Crippen LogP contribution in [0.15, 0.2) is 12.2 Å². The summed E-state index contributed by atoms with van der Waals surface area (Å²) in [6.45, 7) is 8.48. The number of allylic oxidation sites excluding steroid dienone is 2. The van der Waals surface area contributed by atoms with Gasteiger partial charge in [0.2, 0.25) is 11.8 Å². The standard InChI is InChI=1S/C46H78N2O6/c1-5-6-7-8-9-10-11-12-13-14-15-16-17-18-19-20-41(49)47-36-27-29-45(3)35(31-36)22-23-37-39-25-24-38(46(39,4)30-28-40(37)45)34(2)21-26-42(50)48(32-43(51)52)33-44(53)54/h12-13,34-40H,5-11,14-33H2,1-4H3,(H,47,49)(H,51,52)(H,53,54)/t34?,35?,36-,37?,38+,39?,40?,45-,46+/m0/s1. The Morgan fingerprint density at radius 1 is 0.722 bits per heavy atom. The predicted molar refractivity (Wildman–Crippen MR) is 217 cm³/mol. The van der Waals surface area contributed by atoms with Gasteiger partial charge in [-0.3, -0.25) is 19.2 Å². The van der Waals surface area contributed by atoms with E-state index in [9.17, 15) is 29.4 Å². The van der Waals surface area contributed by atoms with Crippen LogP contribution in [-0.4, -0.2) is 58.0 Å². The Morgan fingerprint density at radius 3 is 1.96 bits per heavy atom. The van der Waals surface area contributed by atoms with Crippen molar-refractivity contribution in [3.05, 3.63) is 12.2 Å². The molecule has 4 aliphatic rings. The first-order valence-electron chi connectivity index (χ1n) is 22.5. The monoisotopic (exact) mass is 755 g/mol. The van der Waals surface area contributed by atoms with Gasteiger partial charge in [0.25, 0.3) is 0 Å². The van der Waals surface area contributed by atoms with E-state index in [1.807, 2.05) is 0 Å². The number of carboxylic acid groups (broad SMARTS) is 2. The Labute approximate surface area is 328 Å². The Morgan fingerprint density at radius 2 is 1.31 bits per heavy atom. The van der Waals surface area contributed by atoms with Gasteiger partial charge in [-0.1, -0.05) is 91.2 Å². The van der Waals surface area contributed by atoms with Crippen molar-refractivity contribution in [1.82, 2.24) is 10.2 Å². The van der Waals surface area contributed by atoms with E-state index in [4.69, 9.17) is 0 Å². The van der Waals surface area contributed by atoms with E-state index < -0.39 is 25.0 Å². The van der Waals surface area contributed by atoms with Crippen LogP contribution >= 0.6 is 0 Å². The van der Waals surface area contributed by atoms with Crippen molar-refractivity contribution in [2.24, 2.45) is 46.3 Å². The summed E-state index contributed by atoms with van der Waals surface area (Å²) in [7, 11) is 0. The number of carboxylic acids is 2. The molecule has 5 unspecified atom stereocenters. The number of unbranched alkanes of at least 4 members (excludes halogenated alkanes) is 11. The van der Waals surface area contributed by atoms with Crippen LogP contribution in [0.1, 0.15) is 188 Å². The van der Waals surface area contributed by atoms with E-state index in [2.05, 4.69) is 45.2 Å². The van der Waals surface area contributed by atoms with Crippen LogP contribution in [0.3, 0.4) is 0 Å². The molecule has 0 heterocycles. The molecular formula is C46H78N2O6. The smallest absolute Gasteiger partial charge is 0.323 e. The highest BCUT2D eigenvalue weighted by molar-refractivity contribution is 5.85. The Hall–Kier alpha value is -2.38. The van der Waals surface area contributed by atoms with Gasteiger partial charge in [0.15, 0.2) is 0 Å². The van der Waals surface area contributed by atoms with Crippen molar-refractivity contribution in [3.63, 3.8) is 0 Å². The summed E-state index contributed by atoms with van der Waals surface area (Å²) in [5, 5.41) is 21.8. The summed E-state index contributed by atoms with van der Waals surface area (Å²) in [6.07, 6.45) is 33.7. The Kier molecular flexibility index (Phi) is 17.9. The van der Waals surface area contributed by atoms with Gasteiger partial charge in [-0.15, -0.1) is 0 Å². The number of aliphatic carboxylic acids is 2. The summed E-state index contributed by atoms with van der Waals surface area (Å²) in [5.74, 6) is 1.24. The number of nitrogens with one attached hydrogen (secondary N) is 1. The van der Waals surface area contributed by atoms with Crippen molar-refractivity contribution in [2.75, 3.05) is 13.1 Å². The summed E-state index contributed by atoms with van der Waals surface area (Å²) >= 11 is 0. The fourth-order valence-corrected chi connectivity index (χ4v) is 12.3. The number of hydrogen-bond acceptors (Lipinski definition) is 4. The molecule has 0 spiro atoms. The first-order chi connectivity index (χ1) is 25.9. The third kappa shape index (κ3) is 12.3. The van der Waals surface area contributed by atoms with Crippen LogP contribution in [0.2, 0.25) is 0 Å². The van der Waals surface area contributed by atoms with E-state index >= 15 is 0 Å². The van der Waals surface area contributed by atoms with Crippen molar-refractivity contribution in [1.29, 1.82) is 0 Å². The predicted octanol–water partition coefficient (Wildman–Crippen LogP) is 10.6. The molecule has 308 valence electrons. The van der Waals surface area contributed by atoms with Gasteiger partial charge < -0.3 is 20.4 Å². The van der Waals surface area contributed by atoms with Crippen molar-refractivity contribution < 1.29 is 29.4 Å². The summed E-state index contributed by atoms with van der Waals surface area (Å²) in [4.78, 5) is 49.3. The molecule has 9 atom stereocenters. The van der Waals surface area contributed by atoms with Crippen molar-refractivity contribution in [2.45, 2.75) is 194 Å². The minimum Gasteiger partial charge on any atom is -0.480 e. The zero-order chi connectivity index (χ0) is 39.1. The lowest BCUT2D eigenvalue weighted by atomic mass is 9.44. The lowest BCUT2D eigenvalue weighted by molar-refractivity contribution is -0.149. The maximum Gasteiger partial charge on any atom is 0.323 e. The minimum absolute atomic E-state index is 0.194. The average molecular weight is 755 g/mol. The zero-order valence-electron chi connectivity index (χ0n) is 34.8. The van der Waals surface area contributed by atoms with E-state index in [-0.39, 0.29) is 23.7 Å². The number of hydrogen-bond donors (Lipinski definition) is 3. The van der Waals surface area contributed by atoms with Crippen molar-refractivity contribution >= 4 is 23.8 Å². The van der Waals surface area contributed by atoms with Crippen LogP contribution in [0.25, 0.3) is 0 Å². The fourth-order valence-electron chi connectivity index (χ4n) is 12.3. The fraction of sp³-hybridized carbons (Fsp3) is 0.870. The third-order valence-electron chi connectivity index (χ3n) is 15.3. The Bertz CT molecular complexity index is 1220. The molecule has 3 N–H and O–H groups in total. The van der Waals surface area contributed by atoms with Crippen LogP contribution in [0.4, 0.5) is 0 Å². The molecule has 0 aromatic carbocycles. The molecule has 4 saturated carbocycles. The molecule has 0 radical (unpaired) electrons. The van der Waals surface area contributed by atoms with Gasteiger partial charge in [0.1, 0.15) is 13.1 Å². The molecule has 4 fully saturated rings. The van der Waals surface area contributed by atoms with E-state index in [1.54, 1.807) is 0 Å². The summed E-state index contributed by atoms with van der Waals surface area (Å²) in [5.41, 5.74) is 0.604. The molecule has 2 amide bonds. The first kappa shape index (κ1) is 44.3.